The van der Waals surface area contributed by atoms with Gasteiger partial charge in [0.25, 0.3) is 0 Å². The molecule has 0 saturated heterocycles. The van der Waals surface area contributed by atoms with Gasteiger partial charge in [0.15, 0.2) is 11.5 Å². The highest BCUT2D eigenvalue weighted by Crippen LogP contribution is 2.57. The van der Waals surface area contributed by atoms with Crippen LogP contribution in [-0.2, 0) is 18.0 Å². The number of nitrogen functional groups attached to an aromatic ring is 1. The molecule has 5 N–H and O–H groups in total. The molecule has 0 radical (unpaired) electrons. The first-order valence-electron chi connectivity index (χ1n) is 7.00. The van der Waals surface area contributed by atoms with Gasteiger partial charge in [-0.3, -0.25) is 4.52 Å². The Morgan fingerprint density at radius 3 is 2.72 bits per heavy atom. The molecule has 1 aliphatic rings. The Kier molecular flexibility index (Phi) is 4.78. The molecular formula is C11H15N5O7P2. The van der Waals surface area contributed by atoms with E-state index in [4.69, 9.17) is 15.5 Å². The normalized spacial score (nSPS) is 23.2. The van der Waals surface area contributed by atoms with Crippen molar-refractivity contribution in [2.45, 2.75) is 12.5 Å². The molecule has 0 amide bonds. The van der Waals surface area contributed by atoms with Crippen molar-refractivity contribution in [2.75, 3.05) is 12.3 Å². The molecule has 0 bridgehead atoms. The summed E-state index contributed by atoms with van der Waals surface area (Å²) in [7, 11) is -9.97. The lowest BCUT2D eigenvalue weighted by molar-refractivity contribution is 0.163. The number of aromatic nitrogens is 4. The van der Waals surface area contributed by atoms with Crippen molar-refractivity contribution >= 4 is 32.6 Å². The molecule has 2 aromatic heterocycles. The van der Waals surface area contributed by atoms with Crippen LogP contribution in [0.3, 0.4) is 0 Å². The van der Waals surface area contributed by atoms with E-state index in [2.05, 4.69) is 23.8 Å². The van der Waals surface area contributed by atoms with Gasteiger partial charge in [-0.25, -0.2) is 24.1 Å². The number of allylic oxidation sites excluding steroid dienone is 1. The van der Waals surface area contributed by atoms with Gasteiger partial charge in [-0.1, -0.05) is 12.2 Å². The van der Waals surface area contributed by atoms with Gasteiger partial charge in [0, 0.05) is 5.92 Å². The maximum Gasteiger partial charge on any atom is 0.481 e. The minimum Gasteiger partial charge on any atom is -0.382 e. The first-order valence-corrected chi connectivity index (χ1v) is 10.0. The zero-order valence-corrected chi connectivity index (χ0v) is 14.4. The van der Waals surface area contributed by atoms with Gasteiger partial charge in [-0.05, 0) is 6.42 Å². The van der Waals surface area contributed by atoms with Crippen molar-refractivity contribution in [3.8, 4) is 0 Å². The molecular weight excluding hydrogens is 376 g/mol. The van der Waals surface area contributed by atoms with Gasteiger partial charge in [-0.15, -0.1) is 0 Å². The Labute approximate surface area is 141 Å². The quantitative estimate of drug-likeness (QED) is 0.402. The Bertz CT molecular complexity index is 909. The molecule has 0 spiro atoms. The van der Waals surface area contributed by atoms with Crippen LogP contribution < -0.4 is 5.73 Å². The average Bonchev–Trinajstić information content (AvgIpc) is 3.09. The number of hydrogen-bond donors (Lipinski definition) is 4. The second-order valence-electron chi connectivity index (χ2n) is 5.37. The van der Waals surface area contributed by atoms with Gasteiger partial charge in [0.2, 0.25) is 0 Å². The van der Waals surface area contributed by atoms with E-state index >= 15 is 0 Å². The smallest absolute Gasteiger partial charge is 0.382 e. The summed E-state index contributed by atoms with van der Waals surface area (Å²) in [6.07, 6.45) is 7.02. The lowest BCUT2D eigenvalue weighted by Crippen LogP contribution is -2.10. The molecule has 1 unspecified atom stereocenters. The summed E-state index contributed by atoms with van der Waals surface area (Å²) in [5.41, 5.74) is 6.77. The summed E-state index contributed by atoms with van der Waals surface area (Å²) in [5.74, 6) is 0.00361. The molecule has 3 atom stereocenters. The number of hydrogen-bond acceptors (Lipinski definition) is 8. The minimum atomic E-state index is -5.13. The summed E-state index contributed by atoms with van der Waals surface area (Å²) in [6.45, 7) is -0.246. The van der Waals surface area contributed by atoms with Gasteiger partial charge < -0.3 is 25.0 Å². The van der Waals surface area contributed by atoms with Crippen LogP contribution in [0.2, 0.25) is 0 Å². The Hall–Kier alpha value is -1.65. The van der Waals surface area contributed by atoms with E-state index in [9.17, 15) is 14.0 Å². The van der Waals surface area contributed by atoms with Crippen molar-refractivity contribution < 1.29 is 32.6 Å². The van der Waals surface area contributed by atoms with Crippen molar-refractivity contribution in [1.29, 1.82) is 0 Å². The molecule has 136 valence electrons. The molecule has 0 aromatic carbocycles. The predicted octanol–water partition coefficient (Wildman–Crippen LogP) is 0.752. The van der Waals surface area contributed by atoms with Crippen LogP contribution in [0.1, 0.15) is 12.5 Å². The standard InChI is InChI=1S/C11H15N5O7P2/c12-10-9-11(14-5-13-10)16(6-15-9)8-2-1-7(3-8)4-22-25(20,21)23-24(17,18)19/h1-2,5-8H,3-4H2,(H,20,21)(H2,12,13,14)(H2,17,18,19)/t7-,8+/m0/s1. The third kappa shape index (κ3) is 4.31. The molecule has 1 aliphatic carbocycles. The Balaban J connectivity index is 1.64. The summed E-state index contributed by atoms with van der Waals surface area (Å²) in [5, 5.41) is 0. The topological polar surface area (TPSA) is 183 Å². The predicted molar refractivity (Wildman–Crippen MR) is 84.9 cm³/mol. The molecule has 3 rings (SSSR count). The van der Waals surface area contributed by atoms with Crippen molar-refractivity contribution in [3.63, 3.8) is 0 Å². The summed E-state index contributed by atoms with van der Waals surface area (Å²) in [4.78, 5) is 38.6. The van der Waals surface area contributed by atoms with Gasteiger partial charge in [0.05, 0.1) is 19.0 Å². The number of nitrogens with zero attached hydrogens (tertiary/aromatic N) is 4. The first kappa shape index (κ1) is 18.2. The Morgan fingerprint density at radius 2 is 2.00 bits per heavy atom. The maximum atomic E-state index is 11.5. The number of imidazole rings is 1. The van der Waals surface area contributed by atoms with Gasteiger partial charge in [0.1, 0.15) is 11.8 Å². The molecule has 2 heterocycles. The fraction of sp³-hybridized carbons (Fsp3) is 0.364. The highest BCUT2D eigenvalue weighted by atomic mass is 31.3. The van der Waals surface area contributed by atoms with Crippen LogP contribution in [0.4, 0.5) is 5.82 Å². The SMILES string of the molecule is Nc1ncnc2c1ncn2[C@@H]1C=C[C@H](COP(=O)(O)OP(=O)(O)O)C1. The molecule has 25 heavy (non-hydrogen) atoms. The number of fused-ring (bicyclic) bond motifs is 1. The fourth-order valence-corrected chi connectivity index (χ4v) is 4.19. The van der Waals surface area contributed by atoms with E-state index in [1.165, 1.54) is 6.33 Å². The lowest BCUT2D eigenvalue weighted by Gasteiger charge is -2.16. The highest BCUT2D eigenvalue weighted by molar-refractivity contribution is 7.60. The third-order valence-corrected chi connectivity index (χ3v) is 5.71. The number of phosphoric ester groups is 1. The van der Waals surface area contributed by atoms with Crippen molar-refractivity contribution in [2.24, 2.45) is 5.92 Å². The Morgan fingerprint density at radius 1 is 1.24 bits per heavy atom. The number of phosphoric acid groups is 2. The van der Waals surface area contributed by atoms with Crippen LogP contribution in [-0.4, -0.2) is 40.8 Å². The maximum absolute atomic E-state index is 11.5. The van der Waals surface area contributed by atoms with E-state index in [0.717, 1.165) is 0 Å². The largest absolute Gasteiger partial charge is 0.481 e. The van der Waals surface area contributed by atoms with E-state index in [0.29, 0.717) is 17.6 Å². The average molecular weight is 391 g/mol. The summed E-state index contributed by atoms with van der Waals surface area (Å²) < 4.78 is 32.2. The van der Waals surface area contributed by atoms with E-state index < -0.39 is 15.6 Å². The number of rotatable bonds is 6. The van der Waals surface area contributed by atoms with Crippen LogP contribution in [0.5, 0.6) is 0 Å². The summed E-state index contributed by atoms with van der Waals surface area (Å²) >= 11 is 0. The second kappa shape index (κ2) is 6.58. The number of nitrogens with two attached hydrogens (primary N) is 1. The van der Waals surface area contributed by atoms with Crippen LogP contribution in [0.15, 0.2) is 24.8 Å². The first-order chi connectivity index (χ1) is 11.6. The lowest BCUT2D eigenvalue weighted by atomic mass is 10.1. The van der Waals surface area contributed by atoms with E-state index in [1.54, 1.807) is 17.0 Å². The molecule has 0 saturated carbocycles. The van der Waals surface area contributed by atoms with Crippen LogP contribution in [0, 0.1) is 5.92 Å². The highest BCUT2D eigenvalue weighted by Gasteiger charge is 2.33. The molecule has 0 fully saturated rings. The summed E-state index contributed by atoms with van der Waals surface area (Å²) in [6, 6.07) is -0.131. The monoisotopic (exact) mass is 391 g/mol. The van der Waals surface area contributed by atoms with Crippen molar-refractivity contribution in [3.05, 3.63) is 24.8 Å². The van der Waals surface area contributed by atoms with E-state index in [-0.39, 0.29) is 24.4 Å². The van der Waals surface area contributed by atoms with Gasteiger partial charge in [-0.2, -0.15) is 4.31 Å². The third-order valence-electron chi connectivity index (χ3n) is 3.56. The molecule has 2 aromatic rings. The number of anilines is 1. The van der Waals surface area contributed by atoms with Crippen molar-refractivity contribution in [1.82, 2.24) is 19.5 Å². The zero-order valence-electron chi connectivity index (χ0n) is 12.6. The van der Waals surface area contributed by atoms with Crippen LogP contribution >= 0.6 is 15.6 Å². The zero-order chi connectivity index (χ0) is 18.2. The molecule has 12 nitrogen and oxygen atoms in total. The molecule has 14 heteroatoms. The fourth-order valence-electron chi connectivity index (χ4n) is 2.54. The van der Waals surface area contributed by atoms with Gasteiger partial charge >= 0.3 is 15.6 Å². The second-order valence-corrected chi connectivity index (χ2v) is 8.20. The van der Waals surface area contributed by atoms with Crippen LogP contribution in [0.25, 0.3) is 11.2 Å². The minimum absolute atomic E-state index is 0.131. The van der Waals surface area contributed by atoms with E-state index in [1.807, 2.05) is 6.08 Å². The molecule has 0 aliphatic heterocycles.